The Balaban J connectivity index is 1.42. The Morgan fingerprint density at radius 3 is 2.57 bits per heavy atom. The van der Waals surface area contributed by atoms with Crippen LogP contribution in [-0.2, 0) is 20.8 Å². The van der Waals surface area contributed by atoms with Gasteiger partial charge in [0.05, 0.1) is 29.8 Å². The summed E-state index contributed by atoms with van der Waals surface area (Å²) < 4.78 is 23.9. The lowest BCUT2D eigenvalue weighted by molar-refractivity contribution is -0.384. The van der Waals surface area contributed by atoms with E-state index in [9.17, 15) is 10.1 Å². The monoisotopic (exact) mass is 434 g/mol. The third-order valence-electron chi connectivity index (χ3n) is 5.16. The maximum absolute atomic E-state index is 11.3. The van der Waals surface area contributed by atoms with Crippen molar-refractivity contribution in [2.24, 2.45) is 0 Å². The molecule has 2 aromatic carbocycles. The number of rotatable bonds is 8. The Bertz CT molecular complexity index is 897. The first-order chi connectivity index (χ1) is 14.6. The first-order valence-corrected chi connectivity index (χ1v) is 10.2. The molecule has 0 saturated carbocycles. The summed E-state index contributed by atoms with van der Waals surface area (Å²) in [5.74, 6) is 0.352. The van der Waals surface area contributed by atoms with Gasteiger partial charge in [-0.3, -0.25) is 10.1 Å². The van der Waals surface area contributed by atoms with Crippen molar-refractivity contribution in [3.63, 3.8) is 0 Å². The minimum Gasteiger partial charge on any atom is -0.484 e. The van der Waals surface area contributed by atoms with Crippen LogP contribution in [0.4, 0.5) is 11.4 Å². The van der Waals surface area contributed by atoms with Crippen LogP contribution >= 0.6 is 11.6 Å². The van der Waals surface area contributed by atoms with E-state index in [4.69, 9.17) is 30.5 Å². The Labute approximate surface area is 179 Å². The number of nitrogens with one attached hydrogen (secondary N) is 1. The van der Waals surface area contributed by atoms with Gasteiger partial charge in [0.25, 0.3) is 5.69 Å². The predicted molar refractivity (Wildman–Crippen MR) is 111 cm³/mol. The largest absolute Gasteiger partial charge is 0.484 e. The summed E-state index contributed by atoms with van der Waals surface area (Å²) in [6.07, 6.45) is -1.09. The molecule has 4 rings (SSSR count). The molecule has 2 aromatic rings. The van der Waals surface area contributed by atoms with Crippen LogP contribution in [0.15, 0.2) is 42.5 Å². The summed E-state index contributed by atoms with van der Waals surface area (Å²) in [6, 6.07) is 12.8. The number of nitro benzene ring substituents is 1. The zero-order chi connectivity index (χ0) is 21.1. The Morgan fingerprint density at radius 2 is 1.87 bits per heavy atom. The van der Waals surface area contributed by atoms with E-state index in [0.717, 1.165) is 5.56 Å². The van der Waals surface area contributed by atoms with E-state index in [1.54, 1.807) is 6.07 Å². The van der Waals surface area contributed by atoms with Gasteiger partial charge in [0.1, 0.15) is 29.7 Å². The molecule has 2 aliphatic rings. The van der Waals surface area contributed by atoms with E-state index in [1.807, 2.05) is 37.3 Å². The van der Waals surface area contributed by atoms with Gasteiger partial charge < -0.3 is 24.3 Å². The first kappa shape index (κ1) is 20.9. The molecule has 0 spiro atoms. The van der Waals surface area contributed by atoms with Crippen LogP contribution < -0.4 is 10.1 Å². The molecule has 0 bridgehead atoms. The highest BCUT2D eigenvalue weighted by Gasteiger charge is 2.49. The minimum atomic E-state index is -0.475. The average molecular weight is 435 g/mol. The first-order valence-electron chi connectivity index (χ1n) is 9.84. The van der Waals surface area contributed by atoms with Gasteiger partial charge in [-0.2, -0.15) is 0 Å². The molecule has 9 heteroatoms. The summed E-state index contributed by atoms with van der Waals surface area (Å²) in [4.78, 5) is 10.8. The van der Waals surface area contributed by atoms with Crippen LogP contribution in [0, 0.1) is 10.1 Å². The molecule has 160 valence electrons. The van der Waals surface area contributed by atoms with Crippen molar-refractivity contribution in [1.82, 2.24) is 0 Å². The Kier molecular flexibility index (Phi) is 6.38. The van der Waals surface area contributed by atoms with Crippen LogP contribution in [0.2, 0.25) is 5.02 Å². The molecule has 2 aliphatic heterocycles. The van der Waals surface area contributed by atoms with Crippen LogP contribution in [-0.4, -0.2) is 49.1 Å². The van der Waals surface area contributed by atoms with Crippen molar-refractivity contribution in [3.05, 3.63) is 63.2 Å². The van der Waals surface area contributed by atoms with Gasteiger partial charge in [0.2, 0.25) is 0 Å². The molecule has 0 aliphatic carbocycles. The molecule has 8 nitrogen and oxygen atoms in total. The maximum atomic E-state index is 11.3. The highest BCUT2D eigenvalue weighted by molar-refractivity contribution is 6.32. The van der Waals surface area contributed by atoms with Gasteiger partial charge in [-0.15, -0.1) is 0 Å². The lowest BCUT2D eigenvalue weighted by Gasteiger charge is -2.19. The molecular formula is C21H23ClN2O6. The fourth-order valence-corrected chi connectivity index (χ4v) is 3.93. The van der Waals surface area contributed by atoms with Gasteiger partial charge in [-0.25, -0.2) is 0 Å². The molecule has 0 radical (unpaired) electrons. The zero-order valence-corrected chi connectivity index (χ0v) is 17.2. The van der Waals surface area contributed by atoms with Gasteiger partial charge in [-0.05, 0) is 12.5 Å². The molecule has 1 N–H and O–H groups in total. The maximum Gasteiger partial charge on any atom is 0.294 e. The van der Waals surface area contributed by atoms with Crippen LogP contribution in [0.25, 0.3) is 0 Å². The number of fused-ring (bicyclic) bond motifs is 1. The number of halogens is 1. The molecule has 0 aromatic heterocycles. The smallest absolute Gasteiger partial charge is 0.294 e. The molecule has 4 atom stereocenters. The third-order valence-corrected chi connectivity index (χ3v) is 5.46. The summed E-state index contributed by atoms with van der Waals surface area (Å²) in [5, 5.41) is 14.4. The topological polar surface area (TPSA) is 92.1 Å². The van der Waals surface area contributed by atoms with Crippen molar-refractivity contribution < 1.29 is 23.9 Å². The van der Waals surface area contributed by atoms with Crippen LogP contribution in [0.1, 0.15) is 12.5 Å². The molecule has 0 amide bonds. The minimum absolute atomic E-state index is 0.0961. The van der Waals surface area contributed by atoms with E-state index in [-0.39, 0.29) is 35.1 Å². The standard InChI is InChI=1S/C21H23ClN2O6/c1-2-23-15-9-17(14(22)8-16(15)24(25)26)30-19-12-29-20-18(11-28-21(19)20)27-10-13-6-4-3-5-7-13/h3-9,18-21,23H,2,10-12H2,1H3. The zero-order valence-electron chi connectivity index (χ0n) is 16.5. The summed E-state index contributed by atoms with van der Waals surface area (Å²) in [7, 11) is 0. The van der Waals surface area contributed by atoms with Gasteiger partial charge in [0, 0.05) is 18.7 Å². The van der Waals surface area contributed by atoms with E-state index in [0.29, 0.717) is 37.8 Å². The Morgan fingerprint density at radius 1 is 1.17 bits per heavy atom. The average Bonchev–Trinajstić information content (AvgIpc) is 3.32. The summed E-state index contributed by atoms with van der Waals surface area (Å²) in [6.45, 7) is 3.61. The molecule has 4 unspecified atom stereocenters. The van der Waals surface area contributed by atoms with Crippen molar-refractivity contribution in [3.8, 4) is 5.75 Å². The Hall–Kier alpha value is -2.39. The third kappa shape index (κ3) is 4.37. The van der Waals surface area contributed by atoms with E-state index >= 15 is 0 Å². The summed E-state index contributed by atoms with van der Waals surface area (Å²) >= 11 is 6.25. The SMILES string of the molecule is CCNc1cc(OC2COC3C(OCc4ccccc4)COC23)c(Cl)cc1[N+](=O)[O-]. The lowest BCUT2D eigenvalue weighted by atomic mass is 10.1. The van der Waals surface area contributed by atoms with Crippen molar-refractivity contribution in [2.45, 2.75) is 37.9 Å². The second kappa shape index (κ2) is 9.18. The fraction of sp³-hybridized carbons (Fsp3) is 0.429. The van der Waals surface area contributed by atoms with Crippen LogP contribution in [0.3, 0.4) is 0 Å². The lowest BCUT2D eigenvalue weighted by Crippen LogP contribution is -2.35. The molecule has 2 fully saturated rings. The number of benzene rings is 2. The van der Waals surface area contributed by atoms with Crippen molar-refractivity contribution in [2.75, 3.05) is 25.1 Å². The van der Waals surface area contributed by atoms with Gasteiger partial charge in [0.15, 0.2) is 6.10 Å². The normalized spacial score (nSPS) is 25.1. The number of hydrogen-bond donors (Lipinski definition) is 1. The van der Waals surface area contributed by atoms with E-state index < -0.39 is 4.92 Å². The quantitative estimate of drug-likeness (QED) is 0.498. The van der Waals surface area contributed by atoms with E-state index in [1.165, 1.54) is 6.07 Å². The number of anilines is 1. The molecular weight excluding hydrogens is 412 g/mol. The number of nitro groups is 1. The van der Waals surface area contributed by atoms with Crippen molar-refractivity contribution >= 4 is 23.0 Å². The number of nitrogens with zero attached hydrogens (tertiary/aromatic N) is 1. The van der Waals surface area contributed by atoms with E-state index in [2.05, 4.69) is 5.32 Å². The molecule has 2 heterocycles. The highest BCUT2D eigenvalue weighted by Crippen LogP contribution is 2.38. The summed E-state index contributed by atoms with van der Waals surface area (Å²) in [5.41, 5.74) is 1.34. The van der Waals surface area contributed by atoms with Gasteiger partial charge in [-0.1, -0.05) is 41.9 Å². The molecule has 30 heavy (non-hydrogen) atoms. The van der Waals surface area contributed by atoms with Crippen molar-refractivity contribution in [1.29, 1.82) is 0 Å². The number of ether oxygens (including phenoxy) is 4. The molecule has 2 saturated heterocycles. The number of hydrogen-bond acceptors (Lipinski definition) is 7. The second-order valence-corrected chi connectivity index (χ2v) is 7.58. The van der Waals surface area contributed by atoms with Gasteiger partial charge >= 0.3 is 0 Å². The van der Waals surface area contributed by atoms with Crippen LogP contribution in [0.5, 0.6) is 5.75 Å². The highest BCUT2D eigenvalue weighted by atomic mass is 35.5. The second-order valence-electron chi connectivity index (χ2n) is 7.17. The predicted octanol–water partition coefficient (Wildman–Crippen LogP) is 3.81. The fourth-order valence-electron chi connectivity index (χ4n) is 3.73.